The predicted octanol–water partition coefficient (Wildman–Crippen LogP) is 1.67. The van der Waals surface area contributed by atoms with E-state index in [1.165, 1.54) is 18.3 Å². The number of carbonyl (C=O) groups is 2. The number of nitrogens with one attached hydrogen (secondary N) is 1. The molecule has 0 saturated heterocycles. The van der Waals surface area contributed by atoms with E-state index in [4.69, 9.17) is 10.5 Å². The van der Waals surface area contributed by atoms with Crippen molar-refractivity contribution in [2.24, 2.45) is 0 Å². The lowest BCUT2D eigenvalue weighted by molar-refractivity contribution is -0.113. The van der Waals surface area contributed by atoms with Crippen molar-refractivity contribution in [3.8, 4) is 5.75 Å². The van der Waals surface area contributed by atoms with Gasteiger partial charge in [0.05, 0.1) is 12.4 Å². The lowest BCUT2D eigenvalue weighted by Gasteiger charge is -2.07. The second kappa shape index (κ2) is 8.16. The summed E-state index contributed by atoms with van der Waals surface area (Å²) in [5.74, 6) is -0.657. The maximum absolute atomic E-state index is 11.9. The monoisotopic (exact) mass is 348 g/mol. The Balaban J connectivity index is 1.91. The van der Waals surface area contributed by atoms with Crippen LogP contribution < -0.4 is 11.1 Å². The Morgan fingerprint density at radius 1 is 1.33 bits per heavy atom. The van der Waals surface area contributed by atoms with Crippen LogP contribution in [-0.2, 0) is 9.53 Å². The Morgan fingerprint density at radius 2 is 2.04 bits per heavy atom. The molecule has 4 N–H and O–H groups in total. The summed E-state index contributed by atoms with van der Waals surface area (Å²) in [5.41, 5.74) is 6.37. The fourth-order valence-electron chi connectivity index (χ4n) is 1.69. The summed E-state index contributed by atoms with van der Waals surface area (Å²) < 4.78 is 4.83. The first kappa shape index (κ1) is 17.5. The number of phenolic OH excluding ortho intramolecular Hbond substituents is 1. The highest BCUT2D eigenvalue weighted by Gasteiger charge is 2.14. The minimum Gasteiger partial charge on any atom is -0.508 e. The molecule has 0 aliphatic rings. The first-order chi connectivity index (χ1) is 11.5. The van der Waals surface area contributed by atoms with Crippen LogP contribution in [0.5, 0.6) is 5.75 Å². The van der Waals surface area contributed by atoms with Crippen LogP contribution >= 0.6 is 11.8 Å². The quantitative estimate of drug-likeness (QED) is 0.311. The molecule has 0 aliphatic carbocycles. The number of nitrogens with zero attached hydrogens (tertiary/aromatic N) is 2. The molecule has 0 fully saturated rings. The van der Waals surface area contributed by atoms with Crippen LogP contribution in [0.15, 0.2) is 35.6 Å². The van der Waals surface area contributed by atoms with Crippen LogP contribution in [0.2, 0.25) is 0 Å². The molecule has 0 radical (unpaired) electrons. The van der Waals surface area contributed by atoms with E-state index in [2.05, 4.69) is 15.3 Å². The van der Waals surface area contributed by atoms with Crippen molar-refractivity contribution in [3.63, 3.8) is 0 Å². The summed E-state index contributed by atoms with van der Waals surface area (Å²) in [4.78, 5) is 31.4. The molecular formula is C15H16N4O4S. The highest BCUT2D eigenvalue weighted by Crippen LogP contribution is 2.18. The number of ether oxygens (including phenoxy) is 1. The van der Waals surface area contributed by atoms with Crippen molar-refractivity contribution in [2.75, 3.05) is 23.4 Å². The first-order valence-corrected chi connectivity index (χ1v) is 7.99. The number of benzene rings is 1. The number of phenols is 1. The van der Waals surface area contributed by atoms with Crippen molar-refractivity contribution in [1.29, 1.82) is 0 Å². The summed E-state index contributed by atoms with van der Waals surface area (Å²) in [5, 5.41) is 12.1. The first-order valence-electron chi connectivity index (χ1n) is 7.01. The highest BCUT2D eigenvalue weighted by molar-refractivity contribution is 7.99. The minimum atomic E-state index is -0.586. The summed E-state index contributed by atoms with van der Waals surface area (Å²) in [6.45, 7) is 1.91. The normalized spacial score (nSPS) is 10.2. The molecule has 1 heterocycles. The Kier molecular flexibility index (Phi) is 5.96. The zero-order chi connectivity index (χ0) is 17.5. The number of nitrogens with two attached hydrogens (primary N) is 1. The van der Waals surface area contributed by atoms with Gasteiger partial charge in [-0.1, -0.05) is 11.8 Å². The van der Waals surface area contributed by atoms with Gasteiger partial charge in [0.25, 0.3) is 0 Å². The van der Waals surface area contributed by atoms with Crippen LogP contribution in [0.1, 0.15) is 17.3 Å². The van der Waals surface area contributed by atoms with Crippen LogP contribution in [-0.4, -0.2) is 39.3 Å². The van der Waals surface area contributed by atoms with E-state index in [0.717, 1.165) is 11.8 Å². The molecular weight excluding hydrogens is 332 g/mol. The molecule has 1 amide bonds. The number of esters is 1. The molecule has 9 heteroatoms. The number of carbonyl (C=O) groups excluding carboxylic acids is 2. The Morgan fingerprint density at radius 3 is 2.67 bits per heavy atom. The second-order valence-electron chi connectivity index (χ2n) is 4.56. The predicted molar refractivity (Wildman–Crippen MR) is 89.9 cm³/mol. The average Bonchev–Trinajstić information content (AvgIpc) is 2.55. The van der Waals surface area contributed by atoms with Gasteiger partial charge in [0.2, 0.25) is 5.91 Å². The van der Waals surface area contributed by atoms with Gasteiger partial charge in [-0.25, -0.2) is 14.8 Å². The number of aromatic nitrogens is 2. The van der Waals surface area contributed by atoms with E-state index < -0.39 is 5.97 Å². The largest absolute Gasteiger partial charge is 0.508 e. The van der Waals surface area contributed by atoms with Crippen molar-refractivity contribution in [3.05, 3.63) is 36.0 Å². The SMILES string of the molecule is CCOC(=O)c1cnc(SCC(=O)Nc2ccc(O)cc2)nc1N. The van der Waals surface area contributed by atoms with Crippen LogP contribution in [0.3, 0.4) is 0 Å². The fourth-order valence-corrected chi connectivity index (χ4v) is 2.31. The number of nitrogen functional groups attached to an aromatic ring is 1. The third-order valence-corrected chi connectivity index (χ3v) is 3.64. The van der Waals surface area contributed by atoms with Crippen LogP contribution in [0, 0.1) is 0 Å². The Hall–Kier alpha value is -2.81. The van der Waals surface area contributed by atoms with Crippen molar-refractivity contribution < 1.29 is 19.4 Å². The van der Waals surface area contributed by atoms with Gasteiger partial charge in [0.15, 0.2) is 5.16 Å². The maximum Gasteiger partial charge on any atom is 0.343 e. The van der Waals surface area contributed by atoms with E-state index in [-0.39, 0.29) is 40.6 Å². The van der Waals surface area contributed by atoms with Gasteiger partial charge in [0, 0.05) is 11.9 Å². The summed E-state index contributed by atoms with van der Waals surface area (Å²) in [6.07, 6.45) is 1.28. The molecule has 126 valence electrons. The number of anilines is 2. The van der Waals surface area contributed by atoms with E-state index in [1.54, 1.807) is 19.1 Å². The van der Waals surface area contributed by atoms with Gasteiger partial charge < -0.3 is 20.9 Å². The number of rotatable bonds is 6. The molecule has 0 saturated carbocycles. The molecule has 0 spiro atoms. The maximum atomic E-state index is 11.9. The Labute approximate surface area is 142 Å². The summed E-state index contributed by atoms with van der Waals surface area (Å²) >= 11 is 1.08. The van der Waals surface area contributed by atoms with Gasteiger partial charge in [0.1, 0.15) is 17.1 Å². The van der Waals surface area contributed by atoms with Crippen LogP contribution in [0.25, 0.3) is 0 Å². The number of thioether (sulfide) groups is 1. The van der Waals surface area contributed by atoms with E-state index in [1.807, 2.05) is 0 Å². The van der Waals surface area contributed by atoms with Crippen molar-refractivity contribution in [1.82, 2.24) is 9.97 Å². The molecule has 0 bridgehead atoms. The molecule has 0 aliphatic heterocycles. The molecule has 1 aromatic carbocycles. The smallest absolute Gasteiger partial charge is 0.343 e. The highest BCUT2D eigenvalue weighted by atomic mass is 32.2. The topological polar surface area (TPSA) is 127 Å². The number of amides is 1. The zero-order valence-electron chi connectivity index (χ0n) is 12.9. The van der Waals surface area contributed by atoms with Gasteiger partial charge in [-0.2, -0.15) is 0 Å². The molecule has 0 unspecified atom stereocenters. The van der Waals surface area contributed by atoms with Gasteiger partial charge in [-0.3, -0.25) is 4.79 Å². The molecule has 2 rings (SSSR count). The van der Waals surface area contributed by atoms with Gasteiger partial charge in [-0.05, 0) is 31.2 Å². The third kappa shape index (κ3) is 4.85. The van der Waals surface area contributed by atoms with Crippen molar-refractivity contribution in [2.45, 2.75) is 12.1 Å². The summed E-state index contributed by atoms with van der Waals surface area (Å²) in [6, 6.07) is 6.11. The van der Waals surface area contributed by atoms with Crippen molar-refractivity contribution >= 4 is 35.1 Å². The number of hydrogen-bond donors (Lipinski definition) is 3. The molecule has 1 aromatic heterocycles. The Bertz CT molecular complexity index is 737. The fraction of sp³-hybridized carbons (Fsp3) is 0.200. The number of aromatic hydroxyl groups is 1. The molecule has 0 atom stereocenters. The number of hydrogen-bond acceptors (Lipinski definition) is 8. The average molecular weight is 348 g/mol. The minimum absolute atomic E-state index is 0.00453. The van der Waals surface area contributed by atoms with E-state index in [9.17, 15) is 14.7 Å². The third-order valence-electron chi connectivity index (χ3n) is 2.77. The van der Waals surface area contributed by atoms with Crippen LogP contribution in [0.4, 0.5) is 11.5 Å². The molecule has 8 nitrogen and oxygen atoms in total. The lowest BCUT2D eigenvalue weighted by atomic mass is 10.3. The van der Waals surface area contributed by atoms with E-state index >= 15 is 0 Å². The summed E-state index contributed by atoms with van der Waals surface area (Å²) in [7, 11) is 0. The van der Waals surface area contributed by atoms with Gasteiger partial charge in [-0.15, -0.1) is 0 Å². The second-order valence-corrected chi connectivity index (χ2v) is 5.50. The lowest BCUT2D eigenvalue weighted by Crippen LogP contribution is -2.15. The van der Waals surface area contributed by atoms with E-state index in [0.29, 0.717) is 5.69 Å². The standard InChI is InChI=1S/C15H16N4O4S/c1-2-23-14(22)11-7-17-15(19-13(11)16)24-8-12(21)18-9-3-5-10(20)6-4-9/h3-7,20H,2,8H2,1H3,(H,18,21)(H2,16,17,19). The van der Waals surface area contributed by atoms with Gasteiger partial charge >= 0.3 is 5.97 Å². The molecule has 2 aromatic rings. The molecule has 24 heavy (non-hydrogen) atoms. The zero-order valence-corrected chi connectivity index (χ0v) is 13.7.